The van der Waals surface area contributed by atoms with Crippen LogP contribution in [0.2, 0.25) is 0 Å². The lowest BCUT2D eigenvalue weighted by Crippen LogP contribution is -1.84. The van der Waals surface area contributed by atoms with E-state index in [2.05, 4.69) is 31.2 Å². The fraction of sp³-hybridized carbons (Fsp3) is 0.500. The summed E-state index contributed by atoms with van der Waals surface area (Å²) >= 11 is 0. The lowest BCUT2D eigenvalue weighted by Gasteiger charge is -1.98. The highest BCUT2D eigenvalue weighted by Gasteiger charge is 1.94. The minimum Gasteiger partial charge on any atom is -0.0845 e. The molecule has 0 N–H and O–H groups in total. The molecule has 0 spiro atoms. The molecule has 0 heteroatoms. The van der Waals surface area contributed by atoms with Crippen LogP contribution in [0.5, 0.6) is 0 Å². The van der Waals surface area contributed by atoms with Gasteiger partial charge in [-0.1, -0.05) is 31.2 Å². The third-order valence-electron chi connectivity index (χ3n) is 1.48. The zero-order valence-electron chi connectivity index (χ0n) is 5.30. The molecule has 0 aromatic rings. The molecule has 0 amide bonds. The highest BCUT2D eigenvalue weighted by atomic mass is 14.0. The Bertz CT molecular complexity index is 109. The predicted octanol–water partition coefficient (Wildman–Crippen LogP) is 2.53. The van der Waals surface area contributed by atoms with Crippen molar-refractivity contribution in [2.75, 3.05) is 0 Å². The van der Waals surface area contributed by atoms with Crippen LogP contribution in [0.1, 0.15) is 19.8 Å². The maximum atomic E-state index is 2.25. The number of hydrogen-bond donors (Lipinski definition) is 0. The summed E-state index contributed by atoms with van der Waals surface area (Å²) in [6.07, 6.45) is 11.3. The molecule has 8 heavy (non-hydrogen) atoms. The van der Waals surface area contributed by atoms with Crippen LogP contribution in [0.15, 0.2) is 24.3 Å². The van der Waals surface area contributed by atoms with Gasteiger partial charge in [0.15, 0.2) is 0 Å². The van der Waals surface area contributed by atoms with Gasteiger partial charge in [0.25, 0.3) is 0 Å². The summed E-state index contributed by atoms with van der Waals surface area (Å²) in [6.45, 7) is 2.25. The fourth-order valence-corrected chi connectivity index (χ4v) is 0.884. The van der Waals surface area contributed by atoms with E-state index in [0.717, 1.165) is 5.92 Å². The third-order valence-corrected chi connectivity index (χ3v) is 1.48. The minimum atomic E-state index is 0.782. The minimum absolute atomic E-state index is 0.782. The second-order valence-corrected chi connectivity index (χ2v) is 2.37. The number of hydrogen-bond acceptors (Lipinski definition) is 0. The van der Waals surface area contributed by atoms with Crippen molar-refractivity contribution in [3.63, 3.8) is 0 Å². The molecular formula is C8H12. The lowest BCUT2D eigenvalue weighted by molar-refractivity contribution is 0.662. The zero-order valence-corrected chi connectivity index (χ0v) is 5.30. The average Bonchev–Trinajstić information content (AvgIpc) is 1.94. The van der Waals surface area contributed by atoms with Gasteiger partial charge in [0.2, 0.25) is 0 Å². The Morgan fingerprint density at radius 1 is 1.38 bits per heavy atom. The molecule has 1 aliphatic rings. The van der Waals surface area contributed by atoms with Gasteiger partial charge in [0.05, 0.1) is 0 Å². The number of rotatable bonds is 0. The SMILES string of the molecule is CC1C=CC=CCC1. The molecule has 0 saturated heterocycles. The molecule has 44 valence electrons. The van der Waals surface area contributed by atoms with Crippen molar-refractivity contribution in [2.24, 2.45) is 5.92 Å². The first-order chi connectivity index (χ1) is 3.89. The maximum absolute atomic E-state index is 2.25. The van der Waals surface area contributed by atoms with Crippen molar-refractivity contribution in [1.82, 2.24) is 0 Å². The van der Waals surface area contributed by atoms with E-state index < -0.39 is 0 Å². The zero-order chi connectivity index (χ0) is 5.82. The fourth-order valence-electron chi connectivity index (χ4n) is 0.884. The van der Waals surface area contributed by atoms with Gasteiger partial charge in [0.1, 0.15) is 0 Å². The summed E-state index contributed by atoms with van der Waals surface area (Å²) in [5, 5.41) is 0. The van der Waals surface area contributed by atoms with Crippen LogP contribution in [0, 0.1) is 5.92 Å². The molecule has 0 saturated carbocycles. The standard InChI is InChI=1S/C8H12/c1-8-6-4-2-3-5-7-8/h2-4,6,8H,5,7H2,1H3. The quantitative estimate of drug-likeness (QED) is 0.447. The average molecular weight is 108 g/mol. The van der Waals surface area contributed by atoms with Gasteiger partial charge in [0, 0.05) is 0 Å². The number of allylic oxidation sites excluding steroid dienone is 4. The third kappa shape index (κ3) is 1.53. The first-order valence-corrected chi connectivity index (χ1v) is 3.23. The van der Waals surface area contributed by atoms with Crippen molar-refractivity contribution >= 4 is 0 Å². The Balaban J connectivity index is 2.46. The van der Waals surface area contributed by atoms with Crippen LogP contribution in [0.25, 0.3) is 0 Å². The highest BCUT2D eigenvalue weighted by Crippen LogP contribution is 2.10. The molecule has 1 rings (SSSR count). The topological polar surface area (TPSA) is 0 Å². The van der Waals surface area contributed by atoms with E-state index in [1.54, 1.807) is 0 Å². The van der Waals surface area contributed by atoms with E-state index in [1.807, 2.05) is 0 Å². The molecule has 1 atom stereocenters. The Morgan fingerprint density at radius 3 is 3.12 bits per heavy atom. The summed E-state index contributed by atoms with van der Waals surface area (Å²) in [5.74, 6) is 0.782. The molecule has 0 radical (unpaired) electrons. The Kier molecular flexibility index (Phi) is 1.90. The summed E-state index contributed by atoms with van der Waals surface area (Å²) in [6, 6.07) is 0. The van der Waals surface area contributed by atoms with Crippen molar-refractivity contribution in [1.29, 1.82) is 0 Å². The first kappa shape index (κ1) is 5.61. The van der Waals surface area contributed by atoms with E-state index >= 15 is 0 Å². The van der Waals surface area contributed by atoms with Crippen LogP contribution >= 0.6 is 0 Å². The van der Waals surface area contributed by atoms with Crippen LogP contribution in [0.4, 0.5) is 0 Å². The van der Waals surface area contributed by atoms with Gasteiger partial charge in [-0.25, -0.2) is 0 Å². The largest absolute Gasteiger partial charge is 0.0845 e. The predicted molar refractivity (Wildman–Crippen MR) is 36.7 cm³/mol. The van der Waals surface area contributed by atoms with E-state index in [4.69, 9.17) is 0 Å². The van der Waals surface area contributed by atoms with Crippen LogP contribution in [0.3, 0.4) is 0 Å². The van der Waals surface area contributed by atoms with Gasteiger partial charge >= 0.3 is 0 Å². The molecule has 1 aliphatic carbocycles. The molecule has 0 nitrogen and oxygen atoms in total. The van der Waals surface area contributed by atoms with Gasteiger partial charge in [-0.15, -0.1) is 0 Å². The van der Waals surface area contributed by atoms with E-state index in [9.17, 15) is 0 Å². The van der Waals surface area contributed by atoms with Crippen molar-refractivity contribution in [3.05, 3.63) is 24.3 Å². The van der Waals surface area contributed by atoms with E-state index in [-0.39, 0.29) is 0 Å². The van der Waals surface area contributed by atoms with Crippen LogP contribution < -0.4 is 0 Å². The molecule has 0 bridgehead atoms. The van der Waals surface area contributed by atoms with E-state index in [1.165, 1.54) is 12.8 Å². The Labute approximate surface area is 50.9 Å². The summed E-state index contributed by atoms with van der Waals surface area (Å²) in [7, 11) is 0. The van der Waals surface area contributed by atoms with Crippen molar-refractivity contribution in [3.8, 4) is 0 Å². The summed E-state index contributed by atoms with van der Waals surface area (Å²) in [4.78, 5) is 0. The lowest BCUT2D eigenvalue weighted by atomic mass is 10.1. The molecular weight excluding hydrogens is 96.1 g/mol. The van der Waals surface area contributed by atoms with Crippen LogP contribution in [-0.2, 0) is 0 Å². The highest BCUT2D eigenvalue weighted by molar-refractivity contribution is 5.06. The molecule has 0 heterocycles. The van der Waals surface area contributed by atoms with Crippen molar-refractivity contribution in [2.45, 2.75) is 19.8 Å². The molecule has 0 fully saturated rings. The Hall–Kier alpha value is -0.520. The summed E-state index contributed by atoms with van der Waals surface area (Å²) < 4.78 is 0. The molecule has 0 aromatic carbocycles. The Morgan fingerprint density at radius 2 is 2.25 bits per heavy atom. The van der Waals surface area contributed by atoms with Gasteiger partial charge in [-0.05, 0) is 18.8 Å². The summed E-state index contributed by atoms with van der Waals surface area (Å²) in [5.41, 5.74) is 0. The van der Waals surface area contributed by atoms with Crippen molar-refractivity contribution < 1.29 is 0 Å². The molecule has 1 unspecified atom stereocenters. The monoisotopic (exact) mass is 108 g/mol. The van der Waals surface area contributed by atoms with Crippen LogP contribution in [-0.4, -0.2) is 0 Å². The second-order valence-electron chi connectivity index (χ2n) is 2.37. The smallest absolute Gasteiger partial charge is 0.0256 e. The molecule has 0 aromatic heterocycles. The first-order valence-electron chi connectivity index (χ1n) is 3.23. The molecule has 0 aliphatic heterocycles. The van der Waals surface area contributed by atoms with Gasteiger partial charge in [-0.2, -0.15) is 0 Å². The van der Waals surface area contributed by atoms with E-state index in [0.29, 0.717) is 0 Å². The van der Waals surface area contributed by atoms with Gasteiger partial charge < -0.3 is 0 Å². The second kappa shape index (κ2) is 2.71. The van der Waals surface area contributed by atoms with Gasteiger partial charge in [-0.3, -0.25) is 0 Å². The maximum Gasteiger partial charge on any atom is -0.0256 e. The normalized spacial score (nSPS) is 27.9.